The van der Waals surface area contributed by atoms with Crippen LogP contribution in [0.5, 0.6) is 5.75 Å². The summed E-state index contributed by atoms with van der Waals surface area (Å²) in [6, 6.07) is 16.3. The van der Waals surface area contributed by atoms with Gasteiger partial charge in [-0.3, -0.25) is 4.79 Å². The minimum atomic E-state index is -0.717. The van der Waals surface area contributed by atoms with E-state index in [2.05, 4.69) is 54.6 Å². The second kappa shape index (κ2) is 12.3. The topological polar surface area (TPSA) is 87.6 Å². The Bertz CT molecular complexity index is 864. The van der Waals surface area contributed by atoms with Gasteiger partial charge in [0.25, 0.3) is 0 Å². The van der Waals surface area contributed by atoms with Crippen molar-refractivity contribution in [3.8, 4) is 5.75 Å². The Morgan fingerprint density at radius 3 is 2.48 bits per heavy atom. The number of unbranched alkanes of at least 4 members (excludes halogenated alkanes) is 3. The van der Waals surface area contributed by atoms with E-state index in [1.54, 1.807) is 0 Å². The highest BCUT2D eigenvalue weighted by Crippen LogP contribution is 2.34. The molecule has 2 aromatic rings. The molecule has 0 aliphatic heterocycles. The van der Waals surface area contributed by atoms with Crippen molar-refractivity contribution in [1.29, 1.82) is 0 Å². The van der Waals surface area contributed by atoms with E-state index in [1.165, 1.54) is 22.3 Å². The van der Waals surface area contributed by atoms with E-state index in [1.807, 2.05) is 0 Å². The number of carbonyl (C=O) groups is 1. The largest absolute Gasteiger partial charge is 0.493 e. The summed E-state index contributed by atoms with van der Waals surface area (Å²) < 4.78 is 11.3. The molecule has 1 aliphatic rings. The number of ether oxygens (including phenoxy) is 2. The van der Waals surface area contributed by atoms with E-state index in [0.29, 0.717) is 13.2 Å². The number of fused-ring (bicyclic) bond motifs is 1. The molecule has 5 heteroatoms. The molecule has 0 amide bonds. The van der Waals surface area contributed by atoms with Crippen LogP contribution in [0, 0.1) is 0 Å². The Kier molecular flexibility index (Phi) is 9.13. The zero-order valence-corrected chi connectivity index (χ0v) is 18.2. The first kappa shape index (κ1) is 23.0. The van der Waals surface area contributed by atoms with Crippen LogP contribution in [-0.2, 0) is 16.0 Å². The molecule has 0 saturated carbocycles. The number of nitrogens with two attached hydrogens (primary N) is 2. The third-order valence-electron chi connectivity index (χ3n) is 5.61. The smallest absolute Gasteiger partial charge is 0.324 e. The maximum absolute atomic E-state index is 11.5. The fraction of sp³-hybridized carbons (Fsp3) is 0.423. The Morgan fingerprint density at radius 1 is 0.935 bits per heavy atom. The average molecular weight is 423 g/mol. The summed E-state index contributed by atoms with van der Waals surface area (Å²) in [5.74, 6) is 0.552. The molecule has 0 aromatic heterocycles. The van der Waals surface area contributed by atoms with Crippen LogP contribution in [0.25, 0.3) is 11.6 Å². The molecule has 0 fully saturated rings. The van der Waals surface area contributed by atoms with E-state index in [9.17, 15) is 4.79 Å². The van der Waals surface area contributed by atoms with Gasteiger partial charge >= 0.3 is 5.97 Å². The monoisotopic (exact) mass is 422 g/mol. The quantitative estimate of drug-likeness (QED) is 0.416. The van der Waals surface area contributed by atoms with Crippen LogP contribution >= 0.6 is 0 Å². The summed E-state index contributed by atoms with van der Waals surface area (Å²) in [6.45, 7) is 1.19. The predicted octanol–water partition coefficient (Wildman–Crippen LogP) is 4.33. The van der Waals surface area contributed by atoms with Crippen molar-refractivity contribution >= 4 is 17.6 Å². The van der Waals surface area contributed by atoms with Crippen LogP contribution < -0.4 is 16.2 Å². The summed E-state index contributed by atoms with van der Waals surface area (Å²) in [5.41, 5.74) is 16.1. The van der Waals surface area contributed by atoms with Gasteiger partial charge in [0.15, 0.2) is 0 Å². The van der Waals surface area contributed by atoms with Crippen LogP contribution in [0.15, 0.2) is 48.5 Å². The van der Waals surface area contributed by atoms with Gasteiger partial charge in [0.1, 0.15) is 11.8 Å². The number of carbonyl (C=O) groups excluding carboxylic acids is 1. The van der Waals surface area contributed by atoms with Gasteiger partial charge in [-0.25, -0.2) is 0 Å². The third-order valence-corrected chi connectivity index (χ3v) is 5.61. The lowest BCUT2D eigenvalue weighted by Crippen LogP contribution is -2.39. The highest BCUT2D eigenvalue weighted by molar-refractivity contribution is 5.84. The Balaban J connectivity index is 1.47. The lowest BCUT2D eigenvalue weighted by atomic mass is 10.0. The predicted molar refractivity (Wildman–Crippen MR) is 126 cm³/mol. The van der Waals surface area contributed by atoms with Gasteiger partial charge in [-0.15, -0.1) is 0 Å². The number of hydrogen-bond donors (Lipinski definition) is 2. The molecule has 2 aromatic carbocycles. The van der Waals surface area contributed by atoms with Gasteiger partial charge in [-0.2, -0.15) is 0 Å². The van der Waals surface area contributed by atoms with Gasteiger partial charge < -0.3 is 20.9 Å². The lowest BCUT2D eigenvalue weighted by molar-refractivity contribution is -0.145. The summed E-state index contributed by atoms with van der Waals surface area (Å²) in [4.78, 5) is 11.5. The fourth-order valence-electron chi connectivity index (χ4n) is 3.81. The van der Waals surface area contributed by atoms with Gasteiger partial charge in [-0.1, -0.05) is 42.5 Å². The molecule has 0 spiro atoms. The molecule has 1 unspecified atom stereocenters. The molecule has 0 bridgehead atoms. The molecular formula is C26H34N2O3. The highest BCUT2D eigenvalue weighted by atomic mass is 16.5. The van der Waals surface area contributed by atoms with Crippen LogP contribution in [0.1, 0.15) is 55.2 Å². The molecule has 0 saturated heterocycles. The van der Waals surface area contributed by atoms with Gasteiger partial charge in [0.05, 0.1) is 13.2 Å². The van der Waals surface area contributed by atoms with E-state index in [-0.39, 0.29) is 6.54 Å². The van der Waals surface area contributed by atoms with Crippen molar-refractivity contribution in [2.24, 2.45) is 11.5 Å². The normalized spacial score (nSPS) is 14.2. The maximum atomic E-state index is 11.5. The van der Waals surface area contributed by atoms with E-state index in [0.717, 1.165) is 50.7 Å². The van der Waals surface area contributed by atoms with Gasteiger partial charge in [-0.05, 0) is 73.8 Å². The Morgan fingerprint density at radius 2 is 1.71 bits per heavy atom. The van der Waals surface area contributed by atoms with E-state index >= 15 is 0 Å². The molecule has 166 valence electrons. The van der Waals surface area contributed by atoms with E-state index < -0.39 is 12.0 Å². The molecule has 1 aliphatic carbocycles. The molecule has 0 heterocycles. The first-order chi connectivity index (χ1) is 15.2. The lowest BCUT2D eigenvalue weighted by Gasteiger charge is -2.13. The fourth-order valence-corrected chi connectivity index (χ4v) is 3.81. The summed E-state index contributed by atoms with van der Waals surface area (Å²) in [5, 5.41) is 0. The SMILES string of the molecule is NCC(N)C(=O)OCCCCCCOc1cccc2c1C=C(c1ccccc1)CCC2. The van der Waals surface area contributed by atoms with E-state index in [4.69, 9.17) is 20.9 Å². The van der Waals surface area contributed by atoms with Crippen LogP contribution in [-0.4, -0.2) is 31.8 Å². The molecule has 3 rings (SSSR count). The van der Waals surface area contributed by atoms with Crippen LogP contribution in [0.4, 0.5) is 0 Å². The molecule has 4 N–H and O–H groups in total. The zero-order valence-electron chi connectivity index (χ0n) is 18.2. The average Bonchev–Trinajstić information content (AvgIpc) is 3.03. The molecule has 0 radical (unpaired) electrons. The number of rotatable bonds is 11. The first-order valence-electron chi connectivity index (χ1n) is 11.3. The van der Waals surface area contributed by atoms with Crippen molar-refractivity contribution in [3.05, 3.63) is 65.2 Å². The van der Waals surface area contributed by atoms with Crippen molar-refractivity contribution in [1.82, 2.24) is 0 Å². The Hall–Kier alpha value is -2.63. The number of hydrogen-bond acceptors (Lipinski definition) is 5. The third kappa shape index (κ3) is 6.94. The summed E-state index contributed by atoms with van der Waals surface area (Å²) in [6.07, 6.45) is 9.43. The maximum Gasteiger partial charge on any atom is 0.324 e. The van der Waals surface area contributed by atoms with Crippen molar-refractivity contribution in [2.75, 3.05) is 19.8 Å². The number of esters is 1. The summed E-state index contributed by atoms with van der Waals surface area (Å²) >= 11 is 0. The Labute approximate surface area is 185 Å². The van der Waals surface area contributed by atoms with Gasteiger partial charge in [0, 0.05) is 12.1 Å². The molecule has 5 nitrogen and oxygen atoms in total. The molecule has 31 heavy (non-hydrogen) atoms. The first-order valence-corrected chi connectivity index (χ1v) is 11.3. The van der Waals surface area contributed by atoms with Crippen LogP contribution in [0.3, 0.4) is 0 Å². The minimum Gasteiger partial charge on any atom is -0.493 e. The van der Waals surface area contributed by atoms with Crippen LogP contribution in [0.2, 0.25) is 0 Å². The zero-order chi connectivity index (χ0) is 21.9. The minimum absolute atomic E-state index is 0.112. The number of allylic oxidation sites excluding steroid dienone is 1. The summed E-state index contributed by atoms with van der Waals surface area (Å²) in [7, 11) is 0. The molecule has 1 atom stereocenters. The second-order valence-corrected chi connectivity index (χ2v) is 7.99. The van der Waals surface area contributed by atoms with Crippen molar-refractivity contribution in [2.45, 2.75) is 51.0 Å². The van der Waals surface area contributed by atoms with Gasteiger partial charge in [0.2, 0.25) is 0 Å². The van der Waals surface area contributed by atoms with Crippen molar-refractivity contribution < 1.29 is 14.3 Å². The van der Waals surface area contributed by atoms with Crippen molar-refractivity contribution in [3.63, 3.8) is 0 Å². The highest BCUT2D eigenvalue weighted by Gasteiger charge is 2.14. The molecular weight excluding hydrogens is 388 g/mol. The number of benzene rings is 2. The number of aryl methyl sites for hydroxylation is 1. The standard InChI is InChI=1S/C26H34N2O3/c27-19-24(28)26(29)31-17-7-2-1-6-16-30-25-15-9-13-21-12-8-14-22(18-23(21)25)20-10-4-3-5-11-20/h3-5,9-11,13,15,18,24H,1-2,6-8,12,14,16-17,19,27-28H2. The second-order valence-electron chi connectivity index (χ2n) is 7.99.